The standard InChI is InChI=1S/C18H21N3O4/c1-18(17(24)19-2)9-6-10-21(11-18)15-13(16(22)23)14(25-20-15)12-7-4-3-5-8-12/h3-5,7-8H,6,9-11H2,1-2H3,(H,19,24)(H,22,23). The van der Waals surface area contributed by atoms with E-state index in [9.17, 15) is 14.7 Å². The van der Waals surface area contributed by atoms with Crippen LogP contribution < -0.4 is 10.2 Å². The molecule has 7 nitrogen and oxygen atoms in total. The predicted octanol–water partition coefficient (Wildman–Crippen LogP) is 2.39. The largest absolute Gasteiger partial charge is 0.477 e. The quantitative estimate of drug-likeness (QED) is 0.885. The normalized spacial score (nSPS) is 20.3. The van der Waals surface area contributed by atoms with Gasteiger partial charge in [0.1, 0.15) is 0 Å². The van der Waals surface area contributed by atoms with Crippen LogP contribution in [0.15, 0.2) is 34.9 Å². The molecule has 1 fully saturated rings. The first-order valence-electron chi connectivity index (χ1n) is 8.22. The average molecular weight is 343 g/mol. The van der Waals surface area contributed by atoms with Gasteiger partial charge in [-0.25, -0.2) is 4.79 Å². The number of anilines is 1. The Morgan fingerprint density at radius 1 is 1.32 bits per heavy atom. The second-order valence-corrected chi connectivity index (χ2v) is 6.55. The lowest BCUT2D eigenvalue weighted by Crippen LogP contribution is -2.50. The fourth-order valence-electron chi connectivity index (χ4n) is 3.38. The Hall–Kier alpha value is -2.83. The van der Waals surface area contributed by atoms with Gasteiger partial charge in [-0.1, -0.05) is 35.5 Å². The maximum Gasteiger partial charge on any atom is 0.343 e. The number of aromatic nitrogens is 1. The molecule has 3 rings (SSSR count). The second kappa shape index (κ2) is 6.58. The highest BCUT2D eigenvalue weighted by Gasteiger charge is 2.40. The van der Waals surface area contributed by atoms with Crippen LogP contribution in [0.1, 0.15) is 30.1 Å². The van der Waals surface area contributed by atoms with Gasteiger partial charge in [-0.05, 0) is 19.8 Å². The van der Waals surface area contributed by atoms with Crippen LogP contribution in [0, 0.1) is 5.41 Å². The van der Waals surface area contributed by atoms with Gasteiger partial charge in [0.15, 0.2) is 17.1 Å². The molecule has 0 spiro atoms. The minimum atomic E-state index is -1.10. The summed E-state index contributed by atoms with van der Waals surface area (Å²) in [5.74, 6) is -0.639. The third-order valence-corrected chi connectivity index (χ3v) is 4.70. The van der Waals surface area contributed by atoms with E-state index >= 15 is 0 Å². The molecule has 132 valence electrons. The Bertz CT molecular complexity index is 787. The Labute approximate surface area is 145 Å². The Kier molecular flexibility index (Phi) is 4.48. The molecular formula is C18H21N3O4. The van der Waals surface area contributed by atoms with E-state index in [-0.39, 0.29) is 23.0 Å². The van der Waals surface area contributed by atoms with Crippen LogP contribution in [0.2, 0.25) is 0 Å². The predicted molar refractivity (Wildman–Crippen MR) is 92.5 cm³/mol. The number of hydrogen-bond donors (Lipinski definition) is 2. The average Bonchev–Trinajstić information content (AvgIpc) is 3.07. The molecule has 1 unspecified atom stereocenters. The van der Waals surface area contributed by atoms with Crippen molar-refractivity contribution in [3.63, 3.8) is 0 Å². The van der Waals surface area contributed by atoms with Gasteiger partial charge >= 0.3 is 5.97 Å². The van der Waals surface area contributed by atoms with E-state index < -0.39 is 11.4 Å². The van der Waals surface area contributed by atoms with Crippen molar-refractivity contribution in [2.75, 3.05) is 25.0 Å². The summed E-state index contributed by atoms with van der Waals surface area (Å²) < 4.78 is 5.38. The van der Waals surface area contributed by atoms with E-state index in [0.29, 0.717) is 18.7 Å². The number of carbonyl (C=O) groups is 2. The highest BCUT2D eigenvalue weighted by Crippen LogP contribution is 2.36. The molecule has 0 aliphatic carbocycles. The Morgan fingerprint density at radius 3 is 2.68 bits per heavy atom. The van der Waals surface area contributed by atoms with Crippen LogP contribution >= 0.6 is 0 Å². The van der Waals surface area contributed by atoms with E-state index in [0.717, 1.165) is 12.8 Å². The van der Waals surface area contributed by atoms with Crippen LogP contribution in [0.4, 0.5) is 5.82 Å². The van der Waals surface area contributed by atoms with Crippen molar-refractivity contribution < 1.29 is 19.2 Å². The SMILES string of the molecule is CNC(=O)C1(C)CCCN(c2noc(-c3ccccc3)c2C(=O)O)C1. The van der Waals surface area contributed by atoms with Gasteiger partial charge in [0.05, 0.1) is 5.41 Å². The zero-order chi connectivity index (χ0) is 18.0. The van der Waals surface area contributed by atoms with Gasteiger partial charge in [-0.2, -0.15) is 0 Å². The highest BCUT2D eigenvalue weighted by molar-refractivity contribution is 5.99. The third-order valence-electron chi connectivity index (χ3n) is 4.70. The number of nitrogens with zero attached hydrogens (tertiary/aromatic N) is 2. The fourth-order valence-corrected chi connectivity index (χ4v) is 3.38. The molecular weight excluding hydrogens is 322 g/mol. The maximum absolute atomic E-state index is 12.2. The van der Waals surface area contributed by atoms with E-state index in [1.54, 1.807) is 19.2 Å². The molecule has 1 aliphatic rings. The molecule has 7 heteroatoms. The van der Waals surface area contributed by atoms with Crippen LogP contribution in [-0.4, -0.2) is 42.3 Å². The van der Waals surface area contributed by atoms with Gasteiger partial charge < -0.3 is 19.8 Å². The smallest absolute Gasteiger partial charge is 0.343 e. The number of benzene rings is 1. The second-order valence-electron chi connectivity index (χ2n) is 6.55. The number of carboxylic acids is 1. The zero-order valence-electron chi connectivity index (χ0n) is 14.3. The molecule has 1 aromatic heterocycles. The van der Waals surface area contributed by atoms with Crippen LogP contribution in [-0.2, 0) is 4.79 Å². The topological polar surface area (TPSA) is 95.7 Å². The van der Waals surface area contributed by atoms with Crippen molar-refractivity contribution in [3.05, 3.63) is 35.9 Å². The van der Waals surface area contributed by atoms with E-state index in [1.807, 2.05) is 30.0 Å². The molecule has 0 bridgehead atoms. The molecule has 25 heavy (non-hydrogen) atoms. The van der Waals surface area contributed by atoms with E-state index in [2.05, 4.69) is 10.5 Å². The summed E-state index contributed by atoms with van der Waals surface area (Å²) in [5, 5.41) is 16.4. The number of aromatic carboxylic acids is 1. The van der Waals surface area contributed by atoms with Gasteiger partial charge in [0.2, 0.25) is 5.91 Å². The molecule has 1 aromatic carbocycles. The number of hydrogen-bond acceptors (Lipinski definition) is 5. The van der Waals surface area contributed by atoms with Gasteiger partial charge in [-0.3, -0.25) is 4.79 Å². The molecule has 1 amide bonds. The Balaban J connectivity index is 1.99. The summed E-state index contributed by atoms with van der Waals surface area (Å²) in [6.45, 7) is 2.91. The zero-order valence-corrected chi connectivity index (χ0v) is 14.3. The van der Waals surface area contributed by atoms with Gasteiger partial charge in [0, 0.05) is 25.7 Å². The summed E-state index contributed by atoms with van der Waals surface area (Å²) in [5.41, 5.74) is 0.103. The first kappa shape index (κ1) is 17.0. The van der Waals surface area contributed by atoms with Gasteiger partial charge in [-0.15, -0.1) is 0 Å². The lowest BCUT2D eigenvalue weighted by molar-refractivity contribution is -0.130. The lowest BCUT2D eigenvalue weighted by Gasteiger charge is -2.39. The highest BCUT2D eigenvalue weighted by atomic mass is 16.5. The number of amides is 1. The van der Waals surface area contributed by atoms with E-state index in [4.69, 9.17) is 4.52 Å². The van der Waals surface area contributed by atoms with E-state index in [1.165, 1.54) is 0 Å². The first-order chi connectivity index (χ1) is 12.0. The number of carboxylic acid groups (broad SMARTS) is 1. The number of carbonyl (C=O) groups excluding carboxylic acids is 1. The summed E-state index contributed by atoms with van der Waals surface area (Å²) in [6, 6.07) is 9.03. The summed E-state index contributed by atoms with van der Waals surface area (Å²) in [4.78, 5) is 25.9. The molecule has 2 N–H and O–H groups in total. The van der Waals surface area contributed by atoms with Crippen molar-refractivity contribution >= 4 is 17.7 Å². The monoisotopic (exact) mass is 343 g/mol. The van der Waals surface area contributed by atoms with Crippen molar-refractivity contribution in [1.29, 1.82) is 0 Å². The number of nitrogens with one attached hydrogen (secondary N) is 1. The third kappa shape index (κ3) is 3.09. The molecule has 2 aromatic rings. The maximum atomic E-state index is 12.2. The first-order valence-corrected chi connectivity index (χ1v) is 8.22. The number of rotatable bonds is 4. The van der Waals surface area contributed by atoms with Crippen molar-refractivity contribution in [3.8, 4) is 11.3 Å². The van der Waals surface area contributed by atoms with Crippen LogP contribution in [0.25, 0.3) is 11.3 Å². The van der Waals surface area contributed by atoms with Crippen molar-refractivity contribution in [1.82, 2.24) is 10.5 Å². The molecule has 0 saturated carbocycles. The Morgan fingerprint density at radius 2 is 2.04 bits per heavy atom. The summed E-state index contributed by atoms with van der Waals surface area (Å²) >= 11 is 0. The minimum absolute atomic E-state index is 0.0346. The summed E-state index contributed by atoms with van der Waals surface area (Å²) in [7, 11) is 1.61. The number of piperidine rings is 1. The minimum Gasteiger partial charge on any atom is -0.477 e. The van der Waals surface area contributed by atoms with Crippen molar-refractivity contribution in [2.45, 2.75) is 19.8 Å². The van der Waals surface area contributed by atoms with Crippen LogP contribution in [0.3, 0.4) is 0 Å². The fraction of sp³-hybridized carbons (Fsp3) is 0.389. The lowest BCUT2D eigenvalue weighted by atomic mass is 9.81. The molecule has 1 saturated heterocycles. The molecule has 2 heterocycles. The van der Waals surface area contributed by atoms with Crippen molar-refractivity contribution in [2.24, 2.45) is 5.41 Å². The molecule has 1 atom stereocenters. The summed E-state index contributed by atoms with van der Waals surface area (Å²) in [6.07, 6.45) is 1.52. The molecule has 1 aliphatic heterocycles. The van der Waals surface area contributed by atoms with Crippen LogP contribution in [0.5, 0.6) is 0 Å². The molecule has 0 radical (unpaired) electrons. The van der Waals surface area contributed by atoms with Gasteiger partial charge in [0.25, 0.3) is 0 Å².